The molecule has 138 valence electrons. The van der Waals surface area contributed by atoms with E-state index in [1.54, 1.807) is 43.5 Å². The molecule has 0 aliphatic carbocycles. The Labute approximate surface area is 166 Å². The molecule has 0 atom stereocenters. The third-order valence-corrected chi connectivity index (χ3v) is 5.09. The lowest BCUT2D eigenvalue weighted by Gasteiger charge is -2.16. The first-order valence-electron chi connectivity index (χ1n) is 7.90. The number of benzene rings is 2. The number of rotatable bonds is 5. The highest BCUT2D eigenvalue weighted by molar-refractivity contribution is 8.26. The Morgan fingerprint density at radius 2 is 1.70 bits per heavy atom. The first-order valence-corrected chi connectivity index (χ1v) is 9.12. The van der Waals surface area contributed by atoms with E-state index in [1.165, 1.54) is 7.11 Å². The molecule has 0 unspecified atom stereocenters. The number of ether oxygens (including phenoxy) is 2. The summed E-state index contributed by atoms with van der Waals surface area (Å²) in [7, 11) is 3.03. The second-order valence-corrected chi connectivity index (χ2v) is 7.08. The van der Waals surface area contributed by atoms with Gasteiger partial charge in [0.15, 0.2) is 4.32 Å². The summed E-state index contributed by atoms with van der Waals surface area (Å²) in [5.74, 6) is 0.160. The molecule has 1 heterocycles. The highest BCUT2D eigenvalue weighted by Crippen LogP contribution is 2.33. The molecule has 1 aliphatic rings. The molecule has 1 aliphatic heterocycles. The van der Waals surface area contributed by atoms with Crippen LogP contribution in [0, 0.1) is 0 Å². The normalized spacial score (nSPS) is 15.2. The van der Waals surface area contributed by atoms with Gasteiger partial charge in [-0.2, -0.15) is 5.01 Å². The lowest BCUT2D eigenvalue weighted by atomic mass is 10.2. The topological polar surface area (TPSA) is 67.9 Å². The van der Waals surface area contributed by atoms with E-state index in [4.69, 9.17) is 21.7 Å². The molecule has 0 radical (unpaired) electrons. The summed E-state index contributed by atoms with van der Waals surface area (Å²) in [6, 6.07) is 14.1. The molecular weight excluding hydrogens is 384 g/mol. The van der Waals surface area contributed by atoms with Crippen molar-refractivity contribution in [3.05, 3.63) is 64.6 Å². The van der Waals surface area contributed by atoms with Gasteiger partial charge in [0, 0.05) is 5.56 Å². The Balaban J connectivity index is 1.82. The average Bonchev–Trinajstić information content (AvgIpc) is 2.95. The summed E-state index contributed by atoms with van der Waals surface area (Å²) in [5.41, 5.74) is 3.60. The highest BCUT2D eigenvalue weighted by atomic mass is 32.2. The molecule has 0 aromatic heterocycles. The molecule has 3 rings (SSSR count). The third kappa shape index (κ3) is 3.96. The van der Waals surface area contributed by atoms with Crippen LogP contribution in [0.3, 0.4) is 0 Å². The Hall–Kier alpha value is -2.84. The van der Waals surface area contributed by atoms with E-state index in [2.05, 4.69) is 5.43 Å². The van der Waals surface area contributed by atoms with Crippen molar-refractivity contribution in [3.63, 3.8) is 0 Å². The van der Waals surface area contributed by atoms with Crippen molar-refractivity contribution in [3.8, 4) is 11.5 Å². The minimum atomic E-state index is -0.484. The Bertz CT molecular complexity index is 943. The van der Waals surface area contributed by atoms with Gasteiger partial charge >= 0.3 is 0 Å². The van der Waals surface area contributed by atoms with Crippen molar-refractivity contribution >= 4 is 46.2 Å². The highest BCUT2D eigenvalue weighted by Gasteiger charge is 2.34. The number of nitrogens with zero attached hydrogens (tertiary/aromatic N) is 1. The fraction of sp³-hybridized carbons (Fsp3) is 0.105. The van der Waals surface area contributed by atoms with Crippen LogP contribution in [0.2, 0.25) is 0 Å². The van der Waals surface area contributed by atoms with Gasteiger partial charge in [0.25, 0.3) is 11.8 Å². The van der Waals surface area contributed by atoms with Gasteiger partial charge < -0.3 is 9.47 Å². The lowest BCUT2D eigenvalue weighted by molar-refractivity contribution is -0.123. The lowest BCUT2D eigenvalue weighted by Crippen LogP contribution is -2.44. The van der Waals surface area contributed by atoms with E-state index >= 15 is 0 Å². The SMILES string of the molecule is COc1ccccc1/C=C1\SC(=S)N(NC(=O)c2ccccc2OC)C1=O. The van der Waals surface area contributed by atoms with Crippen molar-refractivity contribution in [2.24, 2.45) is 0 Å². The van der Waals surface area contributed by atoms with E-state index in [0.717, 1.165) is 22.3 Å². The van der Waals surface area contributed by atoms with E-state index in [1.807, 2.05) is 18.2 Å². The summed E-state index contributed by atoms with van der Waals surface area (Å²) >= 11 is 6.36. The molecule has 6 nitrogen and oxygen atoms in total. The molecule has 0 bridgehead atoms. The zero-order chi connectivity index (χ0) is 19.4. The minimum Gasteiger partial charge on any atom is -0.496 e. The smallest absolute Gasteiger partial charge is 0.285 e. The number of nitrogens with one attached hydrogen (secondary N) is 1. The van der Waals surface area contributed by atoms with E-state index in [9.17, 15) is 9.59 Å². The zero-order valence-corrected chi connectivity index (χ0v) is 16.2. The number of amides is 2. The summed E-state index contributed by atoms with van der Waals surface area (Å²) < 4.78 is 10.7. The van der Waals surface area contributed by atoms with E-state index in [-0.39, 0.29) is 4.32 Å². The van der Waals surface area contributed by atoms with Crippen molar-refractivity contribution in [1.82, 2.24) is 10.4 Å². The molecule has 2 aromatic rings. The number of thiocarbonyl (C=S) groups is 1. The Kier molecular flexibility index (Phi) is 5.78. The Morgan fingerprint density at radius 1 is 1.07 bits per heavy atom. The van der Waals surface area contributed by atoms with Crippen LogP contribution in [0.5, 0.6) is 11.5 Å². The maximum Gasteiger partial charge on any atom is 0.285 e. The van der Waals surface area contributed by atoms with Crippen LogP contribution in [0.25, 0.3) is 6.08 Å². The van der Waals surface area contributed by atoms with Crippen LogP contribution in [0.4, 0.5) is 0 Å². The van der Waals surface area contributed by atoms with Gasteiger partial charge in [0.1, 0.15) is 11.5 Å². The number of para-hydroxylation sites is 2. The molecule has 0 spiro atoms. The van der Waals surface area contributed by atoms with Gasteiger partial charge in [-0.15, -0.1) is 0 Å². The fourth-order valence-corrected chi connectivity index (χ4v) is 3.66. The second-order valence-electron chi connectivity index (χ2n) is 5.40. The number of methoxy groups -OCH3 is 2. The maximum atomic E-state index is 12.7. The van der Waals surface area contributed by atoms with Gasteiger partial charge in [0.2, 0.25) is 0 Å². The van der Waals surface area contributed by atoms with Crippen LogP contribution in [-0.4, -0.2) is 35.4 Å². The van der Waals surface area contributed by atoms with Crippen LogP contribution in [0.1, 0.15) is 15.9 Å². The van der Waals surface area contributed by atoms with Gasteiger partial charge in [-0.25, -0.2) is 0 Å². The number of hydrazine groups is 1. The van der Waals surface area contributed by atoms with E-state index < -0.39 is 11.8 Å². The summed E-state index contributed by atoms with van der Waals surface area (Å²) in [6.07, 6.45) is 1.69. The largest absolute Gasteiger partial charge is 0.496 e. The molecule has 1 N–H and O–H groups in total. The predicted octanol–water partition coefficient (Wildman–Crippen LogP) is 3.25. The van der Waals surface area contributed by atoms with Crippen LogP contribution >= 0.6 is 24.0 Å². The van der Waals surface area contributed by atoms with Crippen molar-refractivity contribution < 1.29 is 19.1 Å². The molecule has 8 heteroatoms. The number of thioether (sulfide) groups is 1. The molecule has 0 saturated carbocycles. The van der Waals surface area contributed by atoms with Gasteiger partial charge in [-0.1, -0.05) is 42.1 Å². The number of carbonyl (C=O) groups is 2. The molecular formula is C19H16N2O4S2. The molecule has 1 fully saturated rings. The molecule has 27 heavy (non-hydrogen) atoms. The quantitative estimate of drug-likeness (QED) is 0.614. The first kappa shape index (κ1) is 18.9. The zero-order valence-electron chi connectivity index (χ0n) is 14.6. The average molecular weight is 400 g/mol. The fourth-order valence-electron chi connectivity index (χ4n) is 2.48. The number of carbonyl (C=O) groups excluding carboxylic acids is 2. The minimum absolute atomic E-state index is 0.240. The summed E-state index contributed by atoms with van der Waals surface area (Å²) in [4.78, 5) is 25.6. The second kappa shape index (κ2) is 8.24. The van der Waals surface area contributed by atoms with Crippen LogP contribution in [0.15, 0.2) is 53.4 Å². The summed E-state index contributed by atoms with van der Waals surface area (Å²) in [5, 5.41) is 1.07. The monoisotopic (exact) mass is 400 g/mol. The maximum absolute atomic E-state index is 12.7. The molecule has 1 saturated heterocycles. The van der Waals surface area contributed by atoms with Crippen molar-refractivity contribution in [1.29, 1.82) is 0 Å². The Morgan fingerprint density at radius 3 is 2.41 bits per heavy atom. The van der Waals surface area contributed by atoms with Gasteiger partial charge in [0.05, 0.1) is 24.7 Å². The van der Waals surface area contributed by atoms with Crippen LogP contribution in [-0.2, 0) is 4.79 Å². The third-order valence-electron chi connectivity index (χ3n) is 3.78. The predicted molar refractivity (Wildman–Crippen MR) is 108 cm³/mol. The molecule has 2 amide bonds. The van der Waals surface area contributed by atoms with Crippen molar-refractivity contribution in [2.45, 2.75) is 0 Å². The van der Waals surface area contributed by atoms with Gasteiger partial charge in [-0.3, -0.25) is 15.0 Å². The number of hydrogen-bond donors (Lipinski definition) is 1. The van der Waals surface area contributed by atoms with E-state index in [0.29, 0.717) is 22.0 Å². The van der Waals surface area contributed by atoms with Gasteiger partial charge in [-0.05, 0) is 36.5 Å². The van der Waals surface area contributed by atoms with Crippen molar-refractivity contribution in [2.75, 3.05) is 14.2 Å². The number of hydrogen-bond acceptors (Lipinski definition) is 6. The standard InChI is InChI=1S/C19H16N2O4S2/c1-24-14-9-5-3-7-12(14)11-16-18(23)21(19(26)27-16)20-17(22)13-8-4-6-10-15(13)25-2/h3-11H,1-2H3,(H,20,22)/b16-11-. The first-order chi connectivity index (χ1) is 13.0. The van der Waals surface area contributed by atoms with Crippen LogP contribution < -0.4 is 14.9 Å². The molecule has 2 aromatic carbocycles. The summed E-state index contributed by atoms with van der Waals surface area (Å²) in [6.45, 7) is 0.